The number of rotatable bonds is 6. The molecule has 1 unspecified atom stereocenters. The van der Waals surface area contributed by atoms with Crippen LogP contribution in [0.5, 0.6) is 0 Å². The molecule has 1 saturated carbocycles. The van der Waals surface area contributed by atoms with Crippen LogP contribution in [0.2, 0.25) is 0 Å². The van der Waals surface area contributed by atoms with E-state index in [9.17, 15) is 4.79 Å². The van der Waals surface area contributed by atoms with Gasteiger partial charge in [0.1, 0.15) is 0 Å². The highest BCUT2D eigenvalue weighted by atomic mass is 16.5. The van der Waals surface area contributed by atoms with E-state index >= 15 is 0 Å². The molecule has 4 rings (SSSR count). The summed E-state index contributed by atoms with van der Waals surface area (Å²) in [6.07, 6.45) is 9.68. The quantitative estimate of drug-likeness (QED) is 0.802. The molecule has 0 radical (unpaired) electrons. The summed E-state index contributed by atoms with van der Waals surface area (Å²) in [5.74, 6) is 0.670. The third-order valence-electron chi connectivity index (χ3n) is 6.66. The van der Waals surface area contributed by atoms with Crippen molar-refractivity contribution in [1.82, 2.24) is 20.4 Å². The maximum Gasteiger partial charge on any atom is 0.271 e. The van der Waals surface area contributed by atoms with Crippen LogP contribution in [-0.2, 0) is 24.1 Å². The number of carbonyl (C=O) groups excluding carboxylic acids is 1. The van der Waals surface area contributed by atoms with E-state index in [4.69, 9.17) is 9.84 Å². The molecule has 1 aliphatic heterocycles. The SMILES string of the molecule is CNC(=O)c1nn(CC2CCCCC2)c2c1CC(NCC1(C)COC1)CC2. The fourth-order valence-corrected chi connectivity index (χ4v) is 4.87. The highest BCUT2D eigenvalue weighted by Crippen LogP contribution is 2.30. The Morgan fingerprint density at radius 3 is 2.70 bits per heavy atom. The van der Waals surface area contributed by atoms with E-state index in [1.165, 1.54) is 43.4 Å². The maximum atomic E-state index is 12.4. The largest absolute Gasteiger partial charge is 0.380 e. The monoisotopic (exact) mass is 374 g/mol. The molecule has 1 atom stereocenters. The van der Waals surface area contributed by atoms with Gasteiger partial charge in [0.05, 0.1) is 13.2 Å². The third-order valence-corrected chi connectivity index (χ3v) is 6.66. The Hall–Kier alpha value is -1.40. The fraction of sp³-hybridized carbons (Fsp3) is 0.810. The molecule has 1 aromatic heterocycles. The van der Waals surface area contributed by atoms with E-state index in [1.807, 2.05) is 0 Å². The molecular formula is C21H34N4O2. The molecule has 6 heteroatoms. The van der Waals surface area contributed by atoms with Crippen molar-refractivity contribution in [2.24, 2.45) is 11.3 Å². The van der Waals surface area contributed by atoms with Gasteiger partial charge in [-0.2, -0.15) is 5.10 Å². The Kier molecular flexibility index (Phi) is 5.55. The van der Waals surface area contributed by atoms with Gasteiger partial charge < -0.3 is 15.4 Å². The third kappa shape index (κ3) is 4.06. The average Bonchev–Trinajstić information content (AvgIpc) is 3.03. The summed E-state index contributed by atoms with van der Waals surface area (Å²) in [5, 5.41) is 11.3. The number of hydrogen-bond donors (Lipinski definition) is 2. The Labute approximate surface area is 162 Å². The van der Waals surface area contributed by atoms with Crippen molar-refractivity contribution in [2.45, 2.75) is 70.9 Å². The number of hydrogen-bond acceptors (Lipinski definition) is 4. The first-order valence-electron chi connectivity index (χ1n) is 10.7. The molecule has 0 aromatic carbocycles. The number of nitrogens with one attached hydrogen (secondary N) is 2. The minimum Gasteiger partial charge on any atom is -0.380 e. The van der Waals surface area contributed by atoms with Gasteiger partial charge in [0.25, 0.3) is 5.91 Å². The van der Waals surface area contributed by atoms with Crippen LogP contribution in [0.1, 0.15) is 67.2 Å². The fourth-order valence-electron chi connectivity index (χ4n) is 4.87. The van der Waals surface area contributed by atoms with E-state index < -0.39 is 0 Å². The zero-order valence-corrected chi connectivity index (χ0v) is 16.9. The van der Waals surface area contributed by atoms with Crippen LogP contribution >= 0.6 is 0 Å². The van der Waals surface area contributed by atoms with Crippen LogP contribution in [0.25, 0.3) is 0 Å². The first kappa shape index (κ1) is 18.9. The van der Waals surface area contributed by atoms with Crippen molar-refractivity contribution in [2.75, 3.05) is 26.8 Å². The van der Waals surface area contributed by atoms with E-state index in [2.05, 4.69) is 22.2 Å². The van der Waals surface area contributed by atoms with Gasteiger partial charge in [0, 0.05) is 42.9 Å². The van der Waals surface area contributed by atoms with Crippen LogP contribution in [0.3, 0.4) is 0 Å². The number of carbonyl (C=O) groups is 1. The highest BCUT2D eigenvalue weighted by molar-refractivity contribution is 5.93. The van der Waals surface area contributed by atoms with Crippen LogP contribution in [-0.4, -0.2) is 48.5 Å². The molecule has 2 fully saturated rings. The lowest BCUT2D eigenvalue weighted by Crippen LogP contribution is -2.50. The predicted octanol–water partition coefficient (Wildman–Crippen LogP) is 2.31. The van der Waals surface area contributed by atoms with E-state index in [0.717, 1.165) is 51.5 Å². The Morgan fingerprint density at radius 1 is 1.26 bits per heavy atom. The topological polar surface area (TPSA) is 68.2 Å². The summed E-state index contributed by atoms with van der Waals surface area (Å²) in [4.78, 5) is 12.4. The molecule has 6 nitrogen and oxygen atoms in total. The summed E-state index contributed by atoms with van der Waals surface area (Å²) in [5.41, 5.74) is 3.39. The van der Waals surface area contributed by atoms with E-state index in [0.29, 0.717) is 11.7 Å². The van der Waals surface area contributed by atoms with E-state index in [1.54, 1.807) is 7.05 Å². The van der Waals surface area contributed by atoms with Gasteiger partial charge in [0.15, 0.2) is 5.69 Å². The van der Waals surface area contributed by atoms with Crippen molar-refractivity contribution in [3.05, 3.63) is 17.0 Å². The molecule has 0 bridgehead atoms. The van der Waals surface area contributed by atoms with Crippen molar-refractivity contribution in [3.63, 3.8) is 0 Å². The maximum absolute atomic E-state index is 12.4. The lowest BCUT2D eigenvalue weighted by molar-refractivity contribution is -0.100. The van der Waals surface area contributed by atoms with Gasteiger partial charge >= 0.3 is 0 Å². The summed E-state index contributed by atoms with van der Waals surface area (Å²) in [7, 11) is 1.70. The summed E-state index contributed by atoms with van der Waals surface area (Å²) in [6, 6.07) is 0.422. The molecule has 1 saturated heterocycles. The zero-order chi connectivity index (χ0) is 18.9. The molecule has 1 amide bonds. The first-order chi connectivity index (χ1) is 13.1. The Balaban J connectivity index is 1.48. The number of amides is 1. The Morgan fingerprint density at radius 2 is 2.04 bits per heavy atom. The van der Waals surface area contributed by atoms with Crippen LogP contribution in [0, 0.1) is 11.3 Å². The van der Waals surface area contributed by atoms with Crippen LogP contribution in [0.4, 0.5) is 0 Å². The minimum absolute atomic E-state index is 0.0475. The summed E-state index contributed by atoms with van der Waals surface area (Å²) < 4.78 is 7.54. The lowest BCUT2D eigenvalue weighted by atomic mass is 9.86. The first-order valence-corrected chi connectivity index (χ1v) is 10.7. The van der Waals surface area contributed by atoms with Gasteiger partial charge in [-0.25, -0.2) is 0 Å². The van der Waals surface area contributed by atoms with Crippen LogP contribution < -0.4 is 10.6 Å². The van der Waals surface area contributed by atoms with Crippen molar-refractivity contribution >= 4 is 5.91 Å². The van der Waals surface area contributed by atoms with Crippen LogP contribution in [0.15, 0.2) is 0 Å². The van der Waals surface area contributed by atoms with Gasteiger partial charge in [-0.1, -0.05) is 26.2 Å². The lowest BCUT2D eigenvalue weighted by Gasteiger charge is -2.39. The normalized spacial score (nSPS) is 24.9. The minimum atomic E-state index is -0.0475. The number of nitrogens with zero attached hydrogens (tertiary/aromatic N) is 2. The second-order valence-electron chi connectivity index (χ2n) is 9.16. The van der Waals surface area contributed by atoms with E-state index in [-0.39, 0.29) is 11.3 Å². The van der Waals surface area contributed by atoms with Gasteiger partial charge in [0.2, 0.25) is 0 Å². The van der Waals surface area contributed by atoms with Gasteiger partial charge in [-0.15, -0.1) is 0 Å². The molecule has 3 aliphatic rings. The summed E-state index contributed by atoms with van der Waals surface area (Å²) >= 11 is 0. The predicted molar refractivity (Wildman–Crippen MR) is 105 cm³/mol. The van der Waals surface area contributed by atoms with Crippen molar-refractivity contribution < 1.29 is 9.53 Å². The molecule has 2 N–H and O–H groups in total. The number of aromatic nitrogens is 2. The molecule has 0 spiro atoms. The molecule has 2 aliphatic carbocycles. The second-order valence-corrected chi connectivity index (χ2v) is 9.16. The average molecular weight is 375 g/mol. The second kappa shape index (κ2) is 7.92. The molecule has 150 valence electrons. The molecule has 2 heterocycles. The molecular weight excluding hydrogens is 340 g/mol. The zero-order valence-electron chi connectivity index (χ0n) is 16.9. The highest BCUT2D eigenvalue weighted by Gasteiger charge is 2.35. The number of fused-ring (bicyclic) bond motifs is 1. The van der Waals surface area contributed by atoms with Crippen molar-refractivity contribution in [1.29, 1.82) is 0 Å². The number of ether oxygens (including phenoxy) is 1. The Bertz CT molecular complexity index is 674. The molecule has 27 heavy (non-hydrogen) atoms. The van der Waals surface area contributed by atoms with Crippen molar-refractivity contribution in [3.8, 4) is 0 Å². The summed E-state index contributed by atoms with van der Waals surface area (Å²) in [6.45, 7) is 5.93. The van der Waals surface area contributed by atoms with Gasteiger partial charge in [-0.05, 0) is 38.0 Å². The smallest absolute Gasteiger partial charge is 0.271 e. The standard InChI is InChI=1S/C21H34N4O2/c1-21(13-27-14-21)12-23-16-8-9-18-17(10-16)19(20(26)22-2)24-25(18)11-15-6-4-3-5-7-15/h15-16,23H,3-14H2,1-2H3,(H,22,26). The van der Waals surface area contributed by atoms with Gasteiger partial charge in [-0.3, -0.25) is 9.48 Å². The molecule has 1 aromatic rings.